The maximum absolute atomic E-state index is 3.69. The minimum absolute atomic E-state index is 0.314. The first-order valence-electron chi connectivity index (χ1n) is 7.11. The highest BCUT2D eigenvalue weighted by molar-refractivity contribution is 14.1. The molecule has 0 aliphatic heterocycles. The Morgan fingerprint density at radius 1 is 1.10 bits per heavy atom. The topological polar surface area (TPSA) is 12.0 Å². The lowest BCUT2D eigenvalue weighted by Crippen LogP contribution is -2.20. The molecule has 3 heteroatoms. The summed E-state index contributed by atoms with van der Waals surface area (Å²) in [4.78, 5) is 0. The average Bonchev–Trinajstić information content (AvgIpc) is 2.41. The maximum Gasteiger partial charge on any atom is 0.0370 e. The summed E-state index contributed by atoms with van der Waals surface area (Å²) >= 11 is 6.06. The van der Waals surface area contributed by atoms with Crippen LogP contribution in [0, 0.1) is 24.3 Å². The fraction of sp³-hybridized carbons (Fsp3) is 0.333. The minimum Gasteiger partial charge on any atom is -0.313 e. The van der Waals surface area contributed by atoms with Gasteiger partial charge in [0.2, 0.25) is 0 Å². The molecule has 2 aromatic carbocycles. The van der Waals surface area contributed by atoms with E-state index in [1.165, 1.54) is 35.9 Å². The third-order valence-corrected chi connectivity index (χ3v) is 5.32. The van der Waals surface area contributed by atoms with Crippen LogP contribution in [0.3, 0.4) is 0 Å². The second-order valence-corrected chi connectivity index (χ2v) is 7.69. The van der Waals surface area contributed by atoms with Gasteiger partial charge in [0.1, 0.15) is 0 Å². The quantitative estimate of drug-likeness (QED) is 0.599. The Morgan fingerprint density at radius 2 is 1.71 bits per heavy atom. The molecule has 112 valence electrons. The van der Waals surface area contributed by atoms with E-state index in [4.69, 9.17) is 0 Å². The molecule has 1 unspecified atom stereocenters. The van der Waals surface area contributed by atoms with E-state index in [2.05, 4.69) is 94.9 Å². The van der Waals surface area contributed by atoms with Crippen molar-refractivity contribution in [2.24, 2.45) is 0 Å². The van der Waals surface area contributed by atoms with Gasteiger partial charge >= 0.3 is 0 Å². The van der Waals surface area contributed by atoms with Crippen molar-refractivity contribution >= 4 is 38.5 Å². The van der Waals surface area contributed by atoms with Gasteiger partial charge in [0, 0.05) is 14.1 Å². The number of aryl methyl sites for hydroxylation is 3. The Labute approximate surface area is 149 Å². The van der Waals surface area contributed by atoms with E-state index in [0.717, 1.165) is 6.42 Å². The summed E-state index contributed by atoms with van der Waals surface area (Å²) in [6, 6.07) is 11.4. The molecule has 1 atom stereocenters. The molecule has 0 saturated carbocycles. The van der Waals surface area contributed by atoms with Crippen molar-refractivity contribution in [1.82, 2.24) is 5.32 Å². The zero-order chi connectivity index (χ0) is 15.6. The number of nitrogens with one attached hydrogen (secondary N) is 1. The summed E-state index contributed by atoms with van der Waals surface area (Å²) < 4.78 is 2.44. The summed E-state index contributed by atoms with van der Waals surface area (Å²) in [7, 11) is 2.04. The van der Waals surface area contributed by atoms with E-state index >= 15 is 0 Å². The lowest BCUT2D eigenvalue weighted by molar-refractivity contribution is 0.586. The molecule has 0 aliphatic carbocycles. The van der Waals surface area contributed by atoms with Crippen LogP contribution in [-0.2, 0) is 6.42 Å². The van der Waals surface area contributed by atoms with Crippen LogP contribution in [-0.4, -0.2) is 7.05 Å². The molecule has 1 nitrogen and oxygen atoms in total. The largest absolute Gasteiger partial charge is 0.313 e. The van der Waals surface area contributed by atoms with Crippen LogP contribution in [0.25, 0.3) is 0 Å². The number of hydrogen-bond acceptors (Lipinski definition) is 1. The molecule has 0 spiro atoms. The van der Waals surface area contributed by atoms with Crippen LogP contribution >= 0.6 is 38.5 Å². The third kappa shape index (κ3) is 4.08. The zero-order valence-electron chi connectivity index (χ0n) is 12.9. The second-order valence-electron chi connectivity index (χ2n) is 5.59. The second kappa shape index (κ2) is 7.25. The Hall–Kier alpha value is -0.390. The monoisotopic (exact) mass is 457 g/mol. The number of hydrogen-bond donors (Lipinski definition) is 1. The summed E-state index contributed by atoms with van der Waals surface area (Å²) in [6.45, 7) is 6.59. The van der Waals surface area contributed by atoms with E-state index in [-0.39, 0.29) is 0 Å². The minimum atomic E-state index is 0.314. The summed E-state index contributed by atoms with van der Waals surface area (Å²) in [6.07, 6.45) is 1.01. The third-order valence-electron chi connectivity index (χ3n) is 3.93. The first-order chi connectivity index (χ1) is 9.92. The Kier molecular flexibility index (Phi) is 5.86. The molecule has 0 radical (unpaired) electrons. The molecule has 0 saturated heterocycles. The molecule has 0 fully saturated rings. The van der Waals surface area contributed by atoms with E-state index in [9.17, 15) is 0 Å². The Balaban J connectivity index is 2.38. The Morgan fingerprint density at radius 3 is 2.29 bits per heavy atom. The molecule has 0 aliphatic rings. The van der Waals surface area contributed by atoms with Gasteiger partial charge in [0.05, 0.1) is 0 Å². The van der Waals surface area contributed by atoms with Crippen molar-refractivity contribution in [3.05, 3.63) is 66.2 Å². The molecule has 0 amide bonds. The van der Waals surface area contributed by atoms with Crippen LogP contribution in [0.15, 0.2) is 34.8 Å². The Bertz CT molecular complexity index is 629. The van der Waals surface area contributed by atoms with Crippen molar-refractivity contribution in [3.63, 3.8) is 0 Å². The van der Waals surface area contributed by atoms with E-state index in [1.807, 2.05) is 7.05 Å². The van der Waals surface area contributed by atoms with Crippen molar-refractivity contribution < 1.29 is 0 Å². The number of benzene rings is 2. The summed E-state index contributed by atoms with van der Waals surface area (Å²) in [5.74, 6) is 0. The van der Waals surface area contributed by atoms with E-state index in [0.29, 0.717) is 6.04 Å². The van der Waals surface area contributed by atoms with Gasteiger partial charge in [0.15, 0.2) is 0 Å². The van der Waals surface area contributed by atoms with Crippen LogP contribution in [0.1, 0.15) is 33.9 Å². The molecular formula is C18H21BrIN. The van der Waals surface area contributed by atoms with Gasteiger partial charge < -0.3 is 5.32 Å². The highest BCUT2D eigenvalue weighted by Crippen LogP contribution is 2.29. The van der Waals surface area contributed by atoms with Crippen molar-refractivity contribution in [2.45, 2.75) is 33.2 Å². The first kappa shape index (κ1) is 17.0. The highest BCUT2D eigenvalue weighted by atomic mass is 127. The molecule has 2 aromatic rings. The van der Waals surface area contributed by atoms with Crippen LogP contribution in [0.4, 0.5) is 0 Å². The summed E-state index contributed by atoms with van der Waals surface area (Å²) in [5, 5.41) is 3.47. The molecule has 0 heterocycles. The molecular weight excluding hydrogens is 437 g/mol. The summed E-state index contributed by atoms with van der Waals surface area (Å²) in [5.41, 5.74) is 6.88. The molecule has 0 bridgehead atoms. The average molecular weight is 458 g/mol. The maximum atomic E-state index is 3.69. The number of likely N-dealkylation sites (N-methyl/N-ethyl adjacent to an activating group) is 1. The predicted octanol–water partition coefficient (Wildman–Crippen LogP) is 5.48. The fourth-order valence-electron chi connectivity index (χ4n) is 2.89. The van der Waals surface area contributed by atoms with Gasteiger partial charge in [-0.15, -0.1) is 0 Å². The molecule has 2 rings (SSSR count). The van der Waals surface area contributed by atoms with E-state index < -0.39 is 0 Å². The van der Waals surface area contributed by atoms with Gasteiger partial charge in [-0.3, -0.25) is 0 Å². The van der Waals surface area contributed by atoms with Crippen LogP contribution in [0.5, 0.6) is 0 Å². The SMILES string of the molecule is CNC(Cc1c(C)cc(C)cc1C)c1cc(I)ccc1Br. The van der Waals surface area contributed by atoms with Crippen molar-refractivity contribution in [1.29, 1.82) is 0 Å². The van der Waals surface area contributed by atoms with Gasteiger partial charge in [-0.05, 0) is 97.3 Å². The van der Waals surface area contributed by atoms with Gasteiger partial charge in [-0.2, -0.15) is 0 Å². The number of halogens is 2. The van der Waals surface area contributed by atoms with E-state index in [1.54, 1.807) is 0 Å². The van der Waals surface area contributed by atoms with Crippen molar-refractivity contribution in [3.8, 4) is 0 Å². The first-order valence-corrected chi connectivity index (χ1v) is 8.98. The van der Waals surface area contributed by atoms with Crippen molar-refractivity contribution in [2.75, 3.05) is 7.05 Å². The molecule has 0 aromatic heterocycles. The van der Waals surface area contributed by atoms with Gasteiger partial charge in [-0.1, -0.05) is 33.6 Å². The van der Waals surface area contributed by atoms with Gasteiger partial charge in [0.25, 0.3) is 0 Å². The molecule has 21 heavy (non-hydrogen) atoms. The lowest BCUT2D eigenvalue weighted by atomic mass is 9.92. The normalized spacial score (nSPS) is 12.5. The van der Waals surface area contributed by atoms with Gasteiger partial charge in [-0.25, -0.2) is 0 Å². The lowest BCUT2D eigenvalue weighted by Gasteiger charge is -2.21. The predicted molar refractivity (Wildman–Crippen MR) is 103 cm³/mol. The number of rotatable bonds is 4. The fourth-order valence-corrected chi connectivity index (χ4v) is 3.92. The molecule has 1 N–H and O–H groups in total. The zero-order valence-corrected chi connectivity index (χ0v) is 16.7. The standard InChI is InChI=1S/C18H21BrIN/c1-11-7-12(2)15(13(3)8-11)10-18(21-4)16-9-14(20)5-6-17(16)19/h5-9,18,21H,10H2,1-4H3. The highest BCUT2D eigenvalue weighted by Gasteiger charge is 2.16. The van der Waals surface area contributed by atoms with Crippen LogP contribution in [0.2, 0.25) is 0 Å². The van der Waals surface area contributed by atoms with Crippen LogP contribution < -0.4 is 5.32 Å². The smallest absolute Gasteiger partial charge is 0.0370 e.